The second kappa shape index (κ2) is 5.13. The molecule has 0 saturated heterocycles. The quantitative estimate of drug-likeness (QED) is 0.827. The van der Waals surface area contributed by atoms with Gasteiger partial charge in [0.1, 0.15) is 11.6 Å². The molecule has 0 atom stereocenters. The van der Waals surface area contributed by atoms with E-state index < -0.39 is 0 Å². The molecule has 0 unspecified atom stereocenters. The van der Waals surface area contributed by atoms with Gasteiger partial charge in [0.05, 0.1) is 11.4 Å². The second-order valence-electron chi connectivity index (χ2n) is 4.21. The fourth-order valence-corrected chi connectivity index (χ4v) is 2.21. The van der Waals surface area contributed by atoms with E-state index in [0.29, 0.717) is 10.7 Å². The lowest BCUT2D eigenvalue weighted by atomic mass is 10.1. The lowest BCUT2D eigenvalue weighted by Gasteiger charge is -2.03. The highest BCUT2D eigenvalue weighted by atomic mass is 79.9. The highest BCUT2D eigenvalue weighted by molar-refractivity contribution is 9.10. The zero-order valence-electron chi connectivity index (χ0n) is 9.98. The average Bonchev–Trinajstić information content (AvgIpc) is 2.67. The van der Waals surface area contributed by atoms with E-state index in [0.717, 1.165) is 15.9 Å². The minimum Gasteiger partial charge on any atom is -0.221 e. The highest BCUT2D eigenvalue weighted by Gasteiger charge is 2.19. The monoisotopic (exact) mass is 323 g/mol. The number of halogens is 2. The fourth-order valence-electron chi connectivity index (χ4n) is 1.67. The van der Waals surface area contributed by atoms with Crippen molar-refractivity contribution in [2.45, 2.75) is 19.8 Å². The Morgan fingerprint density at radius 3 is 2.39 bits per heavy atom. The summed E-state index contributed by atoms with van der Waals surface area (Å²) in [7, 11) is 0. The molecule has 18 heavy (non-hydrogen) atoms. The van der Waals surface area contributed by atoms with E-state index in [-0.39, 0.29) is 5.92 Å². The molecule has 1 aromatic heterocycles. The van der Waals surface area contributed by atoms with E-state index >= 15 is 0 Å². The van der Waals surface area contributed by atoms with Crippen molar-refractivity contribution in [1.82, 2.24) is 9.78 Å². The molecule has 0 radical (unpaired) electrons. The molecule has 0 N–H and O–H groups in total. The van der Waals surface area contributed by atoms with Gasteiger partial charge in [-0.15, -0.1) is 0 Å². The molecule has 5 heteroatoms. The Morgan fingerprint density at radius 2 is 1.94 bits per heavy atom. The number of benzene rings is 1. The van der Waals surface area contributed by atoms with Gasteiger partial charge in [-0.25, -0.2) is 4.68 Å². The van der Waals surface area contributed by atoms with Gasteiger partial charge in [0.15, 0.2) is 5.15 Å². The van der Waals surface area contributed by atoms with Gasteiger partial charge in [-0.1, -0.05) is 41.4 Å². The Bertz CT molecular complexity index is 608. The van der Waals surface area contributed by atoms with Crippen LogP contribution in [-0.4, -0.2) is 9.78 Å². The summed E-state index contributed by atoms with van der Waals surface area (Å²) >= 11 is 9.59. The summed E-state index contributed by atoms with van der Waals surface area (Å²) < 4.78 is 2.58. The molecule has 3 nitrogen and oxygen atoms in total. The second-order valence-corrected chi connectivity index (χ2v) is 5.48. The molecule has 0 fully saturated rings. The predicted octanol–water partition coefficient (Wildman–Crippen LogP) is 4.28. The molecule has 2 rings (SSSR count). The van der Waals surface area contributed by atoms with Gasteiger partial charge < -0.3 is 0 Å². The van der Waals surface area contributed by atoms with E-state index in [4.69, 9.17) is 16.9 Å². The number of hydrogen-bond donors (Lipinski definition) is 0. The third-order valence-corrected chi connectivity index (χ3v) is 3.46. The SMILES string of the molecule is CC(C)c1nn(-c2ccc(Br)cc2)c(Cl)c1C#N. The first-order valence-electron chi connectivity index (χ1n) is 5.49. The van der Waals surface area contributed by atoms with Crippen molar-refractivity contribution in [2.75, 3.05) is 0 Å². The first kappa shape index (κ1) is 13.1. The standard InChI is InChI=1S/C13H11BrClN3/c1-8(2)12-11(7-16)13(15)18(17-12)10-5-3-9(14)4-6-10/h3-6,8H,1-2H3. The fraction of sp³-hybridized carbons (Fsp3) is 0.231. The van der Waals surface area contributed by atoms with Crippen molar-refractivity contribution in [3.8, 4) is 11.8 Å². The molecule has 0 bridgehead atoms. The van der Waals surface area contributed by atoms with E-state index in [1.54, 1.807) is 4.68 Å². The van der Waals surface area contributed by atoms with Gasteiger partial charge in [-0.05, 0) is 30.2 Å². The minimum absolute atomic E-state index is 0.161. The van der Waals surface area contributed by atoms with Crippen LogP contribution in [0.15, 0.2) is 28.7 Å². The van der Waals surface area contributed by atoms with E-state index in [9.17, 15) is 0 Å². The van der Waals surface area contributed by atoms with Gasteiger partial charge in [0.25, 0.3) is 0 Å². The van der Waals surface area contributed by atoms with Crippen molar-refractivity contribution >= 4 is 27.5 Å². The predicted molar refractivity (Wildman–Crippen MR) is 75.1 cm³/mol. The van der Waals surface area contributed by atoms with Gasteiger partial charge in [-0.2, -0.15) is 10.4 Å². The van der Waals surface area contributed by atoms with Gasteiger partial charge in [0, 0.05) is 4.47 Å². The molecule has 1 aromatic carbocycles. The summed E-state index contributed by atoms with van der Waals surface area (Å²) in [6, 6.07) is 9.74. The molecular weight excluding hydrogens is 314 g/mol. The van der Waals surface area contributed by atoms with Crippen molar-refractivity contribution < 1.29 is 0 Å². The first-order chi connectivity index (χ1) is 8.54. The van der Waals surface area contributed by atoms with Gasteiger partial charge >= 0.3 is 0 Å². The van der Waals surface area contributed by atoms with Crippen LogP contribution in [0, 0.1) is 11.3 Å². The number of aromatic nitrogens is 2. The Balaban J connectivity index is 2.59. The van der Waals surface area contributed by atoms with Gasteiger partial charge in [0.2, 0.25) is 0 Å². The Labute approximate surface area is 119 Å². The van der Waals surface area contributed by atoms with Crippen LogP contribution in [-0.2, 0) is 0 Å². The molecular formula is C13H11BrClN3. The number of rotatable bonds is 2. The summed E-state index contributed by atoms with van der Waals surface area (Å²) in [5.74, 6) is 0.161. The molecule has 0 saturated carbocycles. The van der Waals surface area contributed by atoms with Crippen LogP contribution < -0.4 is 0 Å². The largest absolute Gasteiger partial charge is 0.221 e. The summed E-state index contributed by atoms with van der Waals surface area (Å²) in [5, 5.41) is 13.9. The maximum absolute atomic E-state index is 9.16. The molecule has 92 valence electrons. The molecule has 0 amide bonds. The van der Waals surface area contributed by atoms with Crippen LogP contribution in [0.4, 0.5) is 0 Å². The third-order valence-electron chi connectivity index (χ3n) is 2.59. The maximum atomic E-state index is 9.16. The molecule has 0 aliphatic rings. The third kappa shape index (κ3) is 2.29. The molecule has 0 aliphatic heterocycles. The molecule has 0 spiro atoms. The molecule has 2 aromatic rings. The lowest BCUT2D eigenvalue weighted by molar-refractivity contribution is 0.767. The van der Waals surface area contributed by atoms with Crippen LogP contribution in [0.5, 0.6) is 0 Å². The van der Waals surface area contributed by atoms with Crippen LogP contribution in [0.25, 0.3) is 5.69 Å². The zero-order chi connectivity index (χ0) is 13.3. The summed E-state index contributed by atoms with van der Waals surface area (Å²) in [6.45, 7) is 3.98. The summed E-state index contributed by atoms with van der Waals surface area (Å²) in [5.41, 5.74) is 2.02. The van der Waals surface area contributed by atoms with Crippen molar-refractivity contribution in [1.29, 1.82) is 5.26 Å². The minimum atomic E-state index is 0.161. The number of hydrogen-bond acceptors (Lipinski definition) is 2. The molecule has 1 heterocycles. The number of nitriles is 1. The van der Waals surface area contributed by atoms with Crippen LogP contribution in [0.1, 0.15) is 31.0 Å². The van der Waals surface area contributed by atoms with E-state index in [2.05, 4.69) is 27.1 Å². The maximum Gasteiger partial charge on any atom is 0.150 e. The van der Waals surface area contributed by atoms with Crippen LogP contribution in [0.2, 0.25) is 5.15 Å². The van der Waals surface area contributed by atoms with Crippen molar-refractivity contribution in [2.24, 2.45) is 0 Å². The topological polar surface area (TPSA) is 41.6 Å². The van der Waals surface area contributed by atoms with E-state index in [1.807, 2.05) is 38.1 Å². The normalized spacial score (nSPS) is 10.7. The van der Waals surface area contributed by atoms with Crippen molar-refractivity contribution in [3.05, 3.63) is 45.1 Å². The number of nitrogens with zero attached hydrogens (tertiary/aromatic N) is 3. The Hall–Kier alpha value is -1.31. The van der Waals surface area contributed by atoms with Crippen LogP contribution in [0.3, 0.4) is 0 Å². The lowest BCUT2D eigenvalue weighted by Crippen LogP contribution is -1.98. The Morgan fingerprint density at radius 1 is 1.33 bits per heavy atom. The van der Waals surface area contributed by atoms with Crippen LogP contribution >= 0.6 is 27.5 Å². The first-order valence-corrected chi connectivity index (χ1v) is 6.66. The smallest absolute Gasteiger partial charge is 0.150 e. The molecule has 0 aliphatic carbocycles. The average molecular weight is 325 g/mol. The summed E-state index contributed by atoms with van der Waals surface area (Å²) in [6.07, 6.45) is 0. The van der Waals surface area contributed by atoms with E-state index in [1.165, 1.54) is 0 Å². The zero-order valence-corrected chi connectivity index (χ0v) is 12.3. The Kier molecular flexibility index (Phi) is 3.74. The summed E-state index contributed by atoms with van der Waals surface area (Å²) in [4.78, 5) is 0. The highest BCUT2D eigenvalue weighted by Crippen LogP contribution is 2.27. The van der Waals surface area contributed by atoms with Gasteiger partial charge in [-0.3, -0.25) is 0 Å². The van der Waals surface area contributed by atoms with Crippen molar-refractivity contribution in [3.63, 3.8) is 0 Å².